The summed E-state index contributed by atoms with van der Waals surface area (Å²) in [5.74, 6) is 0.570. The van der Waals surface area contributed by atoms with E-state index in [-0.39, 0.29) is 30.9 Å². The Morgan fingerprint density at radius 3 is 3.00 bits per heavy atom. The highest BCUT2D eigenvalue weighted by Crippen LogP contribution is 2.10. The summed E-state index contributed by atoms with van der Waals surface area (Å²) in [6, 6.07) is 3.64. The van der Waals surface area contributed by atoms with Crippen LogP contribution in [0.15, 0.2) is 22.8 Å². The van der Waals surface area contributed by atoms with Crippen LogP contribution in [0.25, 0.3) is 0 Å². The van der Waals surface area contributed by atoms with Crippen molar-refractivity contribution in [3.63, 3.8) is 0 Å². The van der Waals surface area contributed by atoms with Crippen LogP contribution in [-0.4, -0.2) is 48.1 Å². The molecule has 1 aromatic heterocycles. The first-order valence-electron chi connectivity index (χ1n) is 7.36. The number of furan rings is 1. The third-order valence-corrected chi connectivity index (χ3v) is 3.67. The monoisotopic (exact) mass is 294 g/mol. The van der Waals surface area contributed by atoms with Crippen LogP contribution < -0.4 is 5.32 Å². The molecule has 1 fully saturated rings. The van der Waals surface area contributed by atoms with Crippen molar-refractivity contribution in [2.24, 2.45) is 5.92 Å². The number of aliphatic hydroxyl groups is 1. The van der Waals surface area contributed by atoms with Gasteiger partial charge in [-0.3, -0.25) is 9.59 Å². The molecule has 2 heterocycles. The lowest BCUT2D eigenvalue weighted by Gasteiger charge is -2.26. The number of hydrogen-bond donors (Lipinski definition) is 2. The Kier molecular flexibility index (Phi) is 5.80. The minimum atomic E-state index is -0.178. The van der Waals surface area contributed by atoms with Gasteiger partial charge in [-0.2, -0.15) is 0 Å². The first kappa shape index (κ1) is 15.6. The number of rotatable bonds is 7. The van der Waals surface area contributed by atoms with Crippen molar-refractivity contribution in [1.29, 1.82) is 0 Å². The molecular weight excluding hydrogens is 272 g/mol. The van der Waals surface area contributed by atoms with E-state index < -0.39 is 0 Å². The number of carbonyl (C=O) groups excluding carboxylic acids is 2. The van der Waals surface area contributed by atoms with Crippen molar-refractivity contribution in [1.82, 2.24) is 10.2 Å². The molecule has 1 aliphatic heterocycles. The molecule has 1 aliphatic rings. The van der Waals surface area contributed by atoms with Gasteiger partial charge in [0.15, 0.2) is 0 Å². The molecular formula is C15H22N2O4. The molecule has 0 unspecified atom stereocenters. The van der Waals surface area contributed by atoms with Gasteiger partial charge in [-0.25, -0.2) is 0 Å². The fraction of sp³-hybridized carbons (Fsp3) is 0.600. The van der Waals surface area contributed by atoms with Gasteiger partial charge in [-0.05, 0) is 25.0 Å². The highest BCUT2D eigenvalue weighted by molar-refractivity contribution is 5.85. The summed E-state index contributed by atoms with van der Waals surface area (Å²) in [6.45, 7) is 1.11. The van der Waals surface area contributed by atoms with Crippen molar-refractivity contribution >= 4 is 11.8 Å². The first-order valence-corrected chi connectivity index (χ1v) is 7.36. The van der Waals surface area contributed by atoms with E-state index in [0.29, 0.717) is 25.9 Å². The van der Waals surface area contributed by atoms with E-state index >= 15 is 0 Å². The quantitative estimate of drug-likeness (QED) is 0.770. The molecule has 2 amide bonds. The van der Waals surface area contributed by atoms with Crippen LogP contribution in [-0.2, 0) is 16.0 Å². The lowest BCUT2D eigenvalue weighted by Crippen LogP contribution is -2.44. The Labute approximate surface area is 124 Å². The van der Waals surface area contributed by atoms with E-state index in [9.17, 15) is 14.7 Å². The first-order chi connectivity index (χ1) is 10.2. The van der Waals surface area contributed by atoms with E-state index in [1.807, 2.05) is 6.07 Å². The summed E-state index contributed by atoms with van der Waals surface area (Å²) in [5.41, 5.74) is 0. The smallest absolute Gasteiger partial charge is 0.239 e. The molecule has 0 aromatic carbocycles. The van der Waals surface area contributed by atoms with Crippen molar-refractivity contribution in [2.75, 3.05) is 26.2 Å². The van der Waals surface area contributed by atoms with Crippen LogP contribution in [0, 0.1) is 5.92 Å². The fourth-order valence-electron chi connectivity index (χ4n) is 2.43. The number of likely N-dealkylation sites (tertiary alicyclic amines) is 1. The third kappa shape index (κ3) is 4.90. The average molecular weight is 294 g/mol. The number of hydrogen-bond acceptors (Lipinski definition) is 4. The molecule has 0 saturated carbocycles. The maximum absolute atomic E-state index is 11.9. The highest BCUT2D eigenvalue weighted by atomic mass is 16.3. The number of carbonyl (C=O) groups is 2. The minimum Gasteiger partial charge on any atom is -0.469 e. The van der Waals surface area contributed by atoms with Gasteiger partial charge in [0.2, 0.25) is 11.8 Å². The van der Waals surface area contributed by atoms with Gasteiger partial charge in [-0.15, -0.1) is 0 Å². The summed E-state index contributed by atoms with van der Waals surface area (Å²) in [6.07, 6.45) is 4.56. The van der Waals surface area contributed by atoms with E-state index in [4.69, 9.17) is 4.42 Å². The van der Waals surface area contributed by atoms with E-state index in [0.717, 1.165) is 18.6 Å². The van der Waals surface area contributed by atoms with Gasteiger partial charge in [0, 0.05) is 38.5 Å². The molecule has 6 heteroatoms. The van der Waals surface area contributed by atoms with Crippen LogP contribution in [0.4, 0.5) is 0 Å². The number of aliphatic hydroxyl groups excluding tert-OH is 1. The number of amides is 2. The average Bonchev–Trinajstić information content (AvgIpc) is 2.99. The van der Waals surface area contributed by atoms with E-state index in [1.54, 1.807) is 17.2 Å². The van der Waals surface area contributed by atoms with Crippen LogP contribution in [0.2, 0.25) is 0 Å². The summed E-state index contributed by atoms with van der Waals surface area (Å²) < 4.78 is 5.23. The van der Waals surface area contributed by atoms with Gasteiger partial charge in [0.05, 0.1) is 12.8 Å². The lowest BCUT2D eigenvalue weighted by atomic mass is 10.1. The summed E-state index contributed by atoms with van der Waals surface area (Å²) in [5, 5.41) is 12.1. The molecule has 1 aromatic rings. The summed E-state index contributed by atoms with van der Waals surface area (Å²) in [7, 11) is 0. The maximum Gasteiger partial charge on any atom is 0.239 e. The molecule has 0 aliphatic carbocycles. The normalized spacial score (nSPS) is 16.8. The standard InChI is InChI=1S/C15H22N2O4/c18-11-12(8-13-4-3-7-21-13)9-16-14(19)10-17-6-2-1-5-15(17)20/h3-4,7,12,18H,1-2,5-6,8-11H2,(H,16,19)/t12-/m0/s1. The van der Waals surface area contributed by atoms with Gasteiger partial charge in [0.1, 0.15) is 5.76 Å². The largest absolute Gasteiger partial charge is 0.469 e. The third-order valence-electron chi connectivity index (χ3n) is 3.67. The molecule has 1 atom stereocenters. The Bertz CT molecular complexity index is 458. The van der Waals surface area contributed by atoms with E-state index in [1.165, 1.54) is 0 Å². The molecule has 2 N–H and O–H groups in total. The van der Waals surface area contributed by atoms with Crippen LogP contribution in [0.1, 0.15) is 25.0 Å². The number of nitrogens with one attached hydrogen (secondary N) is 1. The number of nitrogens with zero attached hydrogens (tertiary/aromatic N) is 1. The second-order valence-electron chi connectivity index (χ2n) is 5.41. The molecule has 0 bridgehead atoms. The fourth-order valence-corrected chi connectivity index (χ4v) is 2.43. The van der Waals surface area contributed by atoms with Crippen molar-refractivity contribution in [3.8, 4) is 0 Å². The second kappa shape index (κ2) is 7.83. The number of piperidine rings is 1. The van der Waals surface area contributed by atoms with Crippen LogP contribution in [0.3, 0.4) is 0 Å². The van der Waals surface area contributed by atoms with Crippen molar-refractivity contribution < 1.29 is 19.1 Å². The zero-order valence-electron chi connectivity index (χ0n) is 12.1. The van der Waals surface area contributed by atoms with Gasteiger partial charge in [0.25, 0.3) is 0 Å². The summed E-state index contributed by atoms with van der Waals surface area (Å²) >= 11 is 0. The minimum absolute atomic E-state index is 0.0242. The summed E-state index contributed by atoms with van der Waals surface area (Å²) in [4.78, 5) is 25.1. The predicted molar refractivity (Wildman–Crippen MR) is 76.4 cm³/mol. The van der Waals surface area contributed by atoms with Crippen molar-refractivity contribution in [2.45, 2.75) is 25.7 Å². The molecule has 1 saturated heterocycles. The second-order valence-corrected chi connectivity index (χ2v) is 5.41. The SMILES string of the molecule is O=C(CN1CCCCC1=O)NC[C@@H](CO)Cc1ccco1. The lowest BCUT2D eigenvalue weighted by molar-refractivity contribution is -0.137. The topological polar surface area (TPSA) is 82.8 Å². The zero-order valence-corrected chi connectivity index (χ0v) is 12.1. The van der Waals surface area contributed by atoms with Crippen molar-refractivity contribution in [3.05, 3.63) is 24.2 Å². The van der Waals surface area contributed by atoms with Gasteiger partial charge in [-0.1, -0.05) is 0 Å². The Morgan fingerprint density at radius 1 is 1.48 bits per heavy atom. The van der Waals surface area contributed by atoms with Gasteiger partial charge < -0.3 is 19.7 Å². The molecule has 21 heavy (non-hydrogen) atoms. The maximum atomic E-state index is 11.9. The zero-order chi connectivity index (χ0) is 15.1. The van der Waals surface area contributed by atoms with Gasteiger partial charge >= 0.3 is 0 Å². The molecule has 2 rings (SSSR count). The molecule has 0 radical (unpaired) electrons. The molecule has 0 spiro atoms. The molecule has 6 nitrogen and oxygen atoms in total. The van der Waals surface area contributed by atoms with E-state index in [2.05, 4.69) is 5.32 Å². The highest BCUT2D eigenvalue weighted by Gasteiger charge is 2.20. The van der Waals surface area contributed by atoms with Crippen LogP contribution in [0.5, 0.6) is 0 Å². The Morgan fingerprint density at radius 2 is 2.33 bits per heavy atom. The predicted octanol–water partition coefficient (Wildman–Crippen LogP) is 0.559. The van der Waals surface area contributed by atoms with Crippen LogP contribution >= 0.6 is 0 Å². The Balaban J connectivity index is 1.72. The Hall–Kier alpha value is -1.82. The molecule has 116 valence electrons.